The van der Waals surface area contributed by atoms with Crippen LogP contribution >= 0.6 is 11.8 Å². The molecule has 0 fully saturated rings. The van der Waals surface area contributed by atoms with Crippen molar-refractivity contribution in [1.29, 1.82) is 0 Å². The van der Waals surface area contributed by atoms with Gasteiger partial charge >= 0.3 is 0 Å². The molecule has 0 saturated heterocycles. The molecule has 5 nitrogen and oxygen atoms in total. The van der Waals surface area contributed by atoms with Gasteiger partial charge in [-0.15, -0.1) is 11.8 Å². The number of aromatic nitrogens is 2. The Balaban J connectivity index is 1.56. The van der Waals surface area contributed by atoms with Crippen LogP contribution in [0.3, 0.4) is 0 Å². The van der Waals surface area contributed by atoms with Crippen LogP contribution in [-0.4, -0.2) is 26.1 Å². The van der Waals surface area contributed by atoms with Crippen LogP contribution in [-0.2, 0) is 0 Å². The number of nitrogens with zero attached hydrogens (tertiary/aromatic N) is 4. The van der Waals surface area contributed by atoms with E-state index >= 15 is 0 Å². The topological polar surface area (TPSA) is 76.5 Å². The first-order valence-corrected chi connectivity index (χ1v) is 10.3. The molecule has 0 unspecified atom stereocenters. The van der Waals surface area contributed by atoms with Crippen molar-refractivity contribution in [3.05, 3.63) is 72.1 Å². The standard InChI is InChI=1S/C23H23N5S/c1-23(2,3)29-17-11-9-16(10-12-17)20-14-25-22(24)21(26-20)19-13-18(27-28-19)15-7-5-4-6-8-15/h4-12,14H,13H2,1-3H3,(H2,24,25). The molecule has 3 aromatic rings. The van der Waals surface area contributed by atoms with Gasteiger partial charge in [0.15, 0.2) is 5.82 Å². The summed E-state index contributed by atoms with van der Waals surface area (Å²) in [6.45, 7) is 6.62. The molecule has 6 heteroatoms. The molecule has 0 atom stereocenters. The van der Waals surface area contributed by atoms with Gasteiger partial charge < -0.3 is 5.73 Å². The zero-order valence-corrected chi connectivity index (χ0v) is 17.6. The summed E-state index contributed by atoms with van der Waals surface area (Å²) in [4.78, 5) is 10.3. The summed E-state index contributed by atoms with van der Waals surface area (Å²) < 4.78 is 0.173. The van der Waals surface area contributed by atoms with Gasteiger partial charge in [0.05, 0.1) is 23.3 Å². The van der Waals surface area contributed by atoms with Gasteiger partial charge in [-0.05, 0) is 17.7 Å². The Morgan fingerprint density at radius 2 is 1.55 bits per heavy atom. The van der Waals surface area contributed by atoms with E-state index < -0.39 is 0 Å². The number of nitrogens with two attached hydrogens (primary N) is 1. The molecule has 0 radical (unpaired) electrons. The van der Waals surface area contributed by atoms with Crippen molar-refractivity contribution in [1.82, 2.24) is 9.97 Å². The molecule has 2 heterocycles. The van der Waals surface area contributed by atoms with Crippen LogP contribution < -0.4 is 5.73 Å². The Bertz CT molecular complexity index is 1080. The molecule has 29 heavy (non-hydrogen) atoms. The van der Waals surface area contributed by atoms with Crippen molar-refractivity contribution in [2.24, 2.45) is 10.2 Å². The van der Waals surface area contributed by atoms with E-state index in [9.17, 15) is 0 Å². The molecule has 0 amide bonds. The van der Waals surface area contributed by atoms with Gasteiger partial charge in [0.1, 0.15) is 5.69 Å². The first-order valence-electron chi connectivity index (χ1n) is 9.50. The Labute approximate surface area is 175 Å². The van der Waals surface area contributed by atoms with E-state index in [-0.39, 0.29) is 4.75 Å². The Kier molecular flexibility index (Phi) is 5.20. The third-order valence-corrected chi connectivity index (χ3v) is 5.50. The average molecular weight is 402 g/mol. The van der Waals surface area contributed by atoms with E-state index in [1.54, 1.807) is 6.20 Å². The molecule has 1 aromatic heterocycles. The summed E-state index contributed by atoms with van der Waals surface area (Å²) in [5.74, 6) is 0.372. The smallest absolute Gasteiger partial charge is 0.151 e. The van der Waals surface area contributed by atoms with Crippen molar-refractivity contribution in [2.75, 3.05) is 5.73 Å². The van der Waals surface area contributed by atoms with Crippen molar-refractivity contribution < 1.29 is 0 Å². The lowest BCUT2D eigenvalue weighted by Gasteiger charge is -2.17. The second kappa shape index (κ2) is 7.79. The molecule has 4 rings (SSSR count). The predicted molar refractivity (Wildman–Crippen MR) is 122 cm³/mol. The molecule has 0 bridgehead atoms. The largest absolute Gasteiger partial charge is 0.382 e. The molecule has 0 saturated carbocycles. The summed E-state index contributed by atoms with van der Waals surface area (Å²) in [5.41, 5.74) is 11.2. The average Bonchev–Trinajstić information content (AvgIpc) is 3.19. The Morgan fingerprint density at radius 3 is 2.24 bits per heavy atom. The number of nitrogen functional groups attached to an aromatic ring is 1. The van der Waals surface area contributed by atoms with Gasteiger partial charge in [-0.3, -0.25) is 0 Å². The molecular formula is C23H23N5S. The second-order valence-corrected chi connectivity index (χ2v) is 9.76. The summed E-state index contributed by atoms with van der Waals surface area (Å²) >= 11 is 1.84. The lowest BCUT2D eigenvalue weighted by Crippen LogP contribution is -2.11. The fourth-order valence-electron chi connectivity index (χ4n) is 3.07. The molecule has 0 spiro atoms. The molecule has 2 N–H and O–H groups in total. The minimum Gasteiger partial charge on any atom is -0.382 e. The molecular weight excluding hydrogens is 378 g/mol. The number of benzene rings is 2. The van der Waals surface area contributed by atoms with E-state index in [1.165, 1.54) is 4.90 Å². The molecule has 2 aromatic carbocycles. The van der Waals surface area contributed by atoms with E-state index in [2.05, 4.69) is 60.2 Å². The van der Waals surface area contributed by atoms with Crippen molar-refractivity contribution in [2.45, 2.75) is 36.8 Å². The molecule has 1 aliphatic rings. The van der Waals surface area contributed by atoms with Crippen molar-refractivity contribution in [3.8, 4) is 11.3 Å². The third kappa shape index (κ3) is 4.54. The lowest BCUT2D eigenvalue weighted by atomic mass is 10.0. The van der Waals surface area contributed by atoms with Crippen LogP contribution in [0.15, 0.2) is 75.9 Å². The van der Waals surface area contributed by atoms with Crippen molar-refractivity contribution in [3.63, 3.8) is 0 Å². The lowest BCUT2D eigenvalue weighted by molar-refractivity contribution is 0.803. The fraction of sp³-hybridized carbons (Fsp3) is 0.217. The maximum atomic E-state index is 6.12. The van der Waals surface area contributed by atoms with Crippen LogP contribution in [0.2, 0.25) is 0 Å². The predicted octanol–water partition coefficient (Wildman–Crippen LogP) is 5.21. The minimum absolute atomic E-state index is 0.173. The normalized spacial score (nSPS) is 13.9. The van der Waals surface area contributed by atoms with Crippen LogP contribution in [0.4, 0.5) is 5.82 Å². The highest BCUT2D eigenvalue weighted by molar-refractivity contribution is 8.00. The Hall–Kier alpha value is -2.99. The molecule has 1 aliphatic heterocycles. The summed E-state index contributed by atoms with van der Waals surface area (Å²) in [5, 5.41) is 8.66. The number of rotatable bonds is 4. The van der Waals surface area contributed by atoms with Gasteiger partial charge in [0.2, 0.25) is 0 Å². The van der Waals surface area contributed by atoms with Gasteiger partial charge in [-0.1, -0.05) is 63.2 Å². The van der Waals surface area contributed by atoms with Crippen LogP contribution in [0.1, 0.15) is 38.4 Å². The zero-order valence-electron chi connectivity index (χ0n) is 16.8. The van der Waals surface area contributed by atoms with Crippen LogP contribution in [0.25, 0.3) is 11.3 Å². The third-order valence-electron chi connectivity index (χ3n) is 4.38. The number of hydrogen-bond donors (Lipinski definition) is 1. The van der Waals surface area contributed by atoms with Gasteiger partial charge in [0, 0.05) is 21.6 Å². The van der Waals surface area contributed by atoms with Gasteiger partial charge in [-0.2, -0.15) is 10.2 Å². The van der Waals surface area contributed by atoms with Gasteiger partial charge in [-0.25, -0.2) is 9.97 Å². The summed E-state index contributed by atoms with van der Waals surface area (Å²) in [6, 6.07) is 18.4. The highest BCUT2D eigenvalue weighted by Crippen LogP contribution is 2.33. The monoisotopic (exact) mass is 401 g/mol. The van der Waals surface area contributed by atoms with E-state index in [0.717, 1.165) is 28.2 Å². The first kappa shape index (κ1) is 19.3. The maximum Gasteiger partial charge on any atom is 0.151 e. The summed E-state index contributed by atoms with van der Waals surface area (Å²) in [6.07, 6.45) is 2.30. The van der Waals surface area contributed by atoms with E-state index in [1.807, 2.05) is 42.1 Å². The number of hydrogen-bond acceptors (Lipinski definition) is 6. The number of thioether (sulfide) groups is 1. The maximum absolute atomic E-state index is 6.12. The fourth-order valence-corrected chi connectivity index (χ4v) is 4.05. The quantitative estimate of drug-likeness (QED) is 0.609. The van der Waals surface area contributed by atoms with Crippen LogP contribution in [0.5, 0.6) is 0 Å². The zero-order chi connectivity index (χ0) is 20.4. The molecule has 0 aliphatic carbocycles. The van der Waals surface area contributed by atoms with Gasteiger partial charge in [0.25, 0.3) is 0 Å². The second-order valence-electron chi connectivity index (χ2n) is 7.86. The first-order chi connectivity index (χ1) is 13.9. The van der Waals surface area contributed by atoms with Crippen LogP contribution in [0, 0.1) is 0 Å². The number of anilines is 1. The highest BCUT2D eigenvalue weighted by Gasteiger charge is 2.20. The van der Waals surface area contributed by atoms with E-state index in [0.29, 0.717) is 17.9 Å². The minimum atomic E-state index is 0.173. The summed E-state index contributed by atoms with van der Waals surface area (Å²) in [7, 11) is 0. The SMILES string of the molecule is CC(C)(C)Sc1ccc(-c2cnc(N)c(C3=NN=C(c4ccccc4)C3)n2)cc1. The van der Waals surface area contributed by atoms with E-state index in [4.69, 9.17) is 10.7 Å². The highest BCUT2D eigenvalue weighted by atomic mass is 32.2. The Morgan fingerprint density at radius 1 is 0.862 bits per heavy atom. The molecule has 146 valence electrons. The van der Waals surface area contributed by atoms with Crippen molar-refractivity contribution >= 4 is 29.0 Å².